The maximum absolute atomic E-state index is 12.6. The number of hydrogen-bond acceptors (Lipinski definition) is 5. The molecule has 1 amide bonds. The number of esters is 1. The molecule has 0 aliphatic rings. The summed E-state index contributed by atoms with van der Waals surface area (Å²) < 4.78 is 5.50. The Kier molecular flexibility index (Phi) is 67.9. The van der Waals surface area contributed by atoms with Gasteiger partial charge in [-0.1, -0.05) is 366 Å². The summed E-state index contributed by atoms with van der Waals surface area (Å²) in [5, 5.41) is 23.4. The zero-order valence-electron chi connectivity index (χ0n) is 53.9. The third-order valence-electron chi connectivity index (χ3n) is 17.3. The number of ether oxygens (including phenoxy) is 1. The van der Waals surface area contributed by atoms with Gasteiger partial charge in [0.15, 0.2) is 0 Å². The molecule has 0 spiro atoms. The molecule has 3 N–H and O–H groups in total. The third-order valence-corrected chi connectivity index (χ3v) is 17.3. The van der Waals surface area contributed by atoms with Crippen LogP contribution >= 0.6 is 0 Å². The highest BCUT2D eigenvalue weighted by Gasteiger charge is 2.20. The predicted octanol–water partition coefficient (Wildman–Crippen LogP) is 23.5. The van der Waals surface area contributed by atoms with Crippen LogP contribution in [0.5, 0.6) is 0 Å². The Bertz CT molecular complexity index is 1190. The normalized spacial score (nSPS) is 12.5. The summed E-state index contributed by atoms with van der Waals surface area (Å²) in [6.45, 7) is 5.00. The molecule has 79 heavy (non-hydrogen) atoms. The molecule has 470 valence electrons. The van der Waals surface area contributed by atoms with Gasteiger partial charge in [0.25, 0.3) is 0 Å². The first kappa shape index (κ1) is 77.6. The lowest BCUT2D eigenvalue weighted by atomic mass is 10.0. The van der Waals surface area contributed by atoms with E-state index in [4.69, 9.17) is 4.74 Å². The summed E-state index contributed by atoms with van der Waals surface area (Å²) in [7, 11) is 0. The number of carbonyl (C=O) groups excluding carboxylic acids is 2. The minimum atomic E-state index is -0.668. The van der Waals surface area contributed by atoms with Gasteiger partial charge in [0.05, 0.1) is 25.4 Å². The fourth-order valence-corrected chi connectivity index (χ4v) is 11.8. The third kappa shape index (κ3) is 65.6. The second-order valence-corrected chi connectivity index (χ2v) is 25.3. The Morgan fingerprint density at radius 1 is 0.342 bits per heavy atom. The smallest absolute Gasteiger partial charge is 0.305 e. The molecule has 0 radical (unpaired) electrons. The summed E-state index contributed by atoms with van der Waals surface area (Å²) in [6, 6.07) is -0.545. The van der Waals surface area contributed by atoms with Gasteiger partial charge in [-0.25, -0.2) is 0 Å². The van der Waals surface area contributed by atoms with Gasteiger partial charge in [-0.3, -0.25) is 9.59 Å². The predicted molar refractivity (Wildman–Crippen MR) is 347 cm³/mol. The Balaban J connectivity index is 3.39. The van der Waals surface area contributed by atoms with Crippen molar-refractivity contribution < 1.29 is 24.5 Å². The highest BCUT2D eigenvalue weighted by atomic mass is 16.5. The summed E-state index contributed by atoms with van der Waals surface area (Å²) in [5.74, 6) is -0.0170. The maximum atomic E-state index is 12.6. The molecule has 0 fully saturated rings. The average molecular weight is 1110 g/mol. The zero-order chi connectivity index (χ0) is 57.1. The van der Waals surface area contributed by atoms with Crippen LogP contribution in [0.25, 0.3) is 0 Å². The molecule has 0 bridgehead atoms. The van der Waals surface area contributed by atoms with Crippen LogP contribution in [0.4, 0.5) is 0 Å². The number of aliphatic hydroxyl groups is 2. The van der Waals surface area contributed by atoms with Gasteiger partial charge >= 0.3 is 5.97 Å². The topological polar surface area (TPSA) is 95.9 Å². The second kappa shape index (κ2) is 69.1. The van der Waals surface area contributed by atoms with Crippen molar-refractivity contribution in [3.63, 3.8) is 0 Å². The van der Waals surface area contributed by atoms with Crippen molar-refractivity contribution in [1.82, 2.24) is 5.32 Å². The van der Waals surface area contributed by atoms with Crippen LogP contribution in [-0.2, 0) is 14.3 Å². The largest absolute Gasteiger partial charge is 0.466 e. The van der Waals surface area contributed by atoms with Crippen molar-refractivity contribution in [3.8, 4) is 0 Å². The standard InChI is InChI=1S/C73H143NO5/c1-3-5-7-9-11-13-15-17-19-21-22-23-28-31-34-37-41-45-49-53-57-61-65-71(76)70(69-75)74-72(77)66-62-58-54-50-46-42-38-35-32-29-26-24-25-27-30-33-36-40-44-48-52-56-60-64-68-79-73(78)67-63-59-55-51-47-43-39-20-18-16-14-12-10-8-6-4-2/h26,29,70-71,75-76H,3-25,27-28,30-69H2,1-2H3,(H,74,77)/b29-26-. The maximum Gasteiger partial charge on any atom is 0.305 e. The highest BCUT2D eigenvalue weighted by Crippen LogP contribution is 2.19. The average Bonchev–Trinajstić information content (AvgIpc) is 3.45. The number of aliphatic hydroxyl groups excluding tert-OH is 2. The fourth-order valence-electron chi connectivity index (χ4n) is 11.8. The number of unbranched alkanes of at least 4 members (excludes halogenated alkanes) is 56. The number of rotatable bonds is 69. The number of carbonyl (C=O) groups is 2. The molecule has 2 unspecified atom stereocenters. The Morgan fingerprint density at radius 2 is 0.595 bits per heavy atom. The van der Waals surface area contributed by atoms with Crippen molar-refractivity contribution in [3.05, 3.63) is 12.2 Å². The van der Waals surface area contributed by atoms with E-state index >= 15 is 0 Å². The van der Waals surface area contributed by atoms with Crippen LogP contribution in [0.15, 0.2) is 12.2 Å². The van der Waals surface area contributed by atoms with E-state index in [0.29, 0.717) is 25.9 Å². The van der Waals surface area contributed by atoms with E-state index in [1.807, 2.05) is 0 Å². The molecule has 0 aliphatic heterocycles. The van der Waals surface area contributed by atoms with E-state index in [9.17, 15) is 19.8 Å². The molecule has 0 aliphatic carbocycles. The van der Waals surface area contributed by atoms with Crippen LogP contribution < -0.4 is 5.32 Å². The molecule has 0 aromatic rings. The number of allylic oxidation sites excluding steroid dienone is 2. The number of nitrogens with one attached hydrogen (secondary N) is 1. The van der Waals surface area contributed by atoms with Crippen molar-refractivity contribution >= 4 is 11.9 Å². The number of hydrogen-bond donors (Lipinski definition) is 3. The first-order valence-corrected chi connectivity index (χ1v) is 36.4. The molecule has 0 aromatic heterocycles. The zero-order valence-corrected chi connectivity index (χ0v) is 53.9. The minimum absolute atomic E-state index is 0.0173. The van der Waals surface area contributed by atoms with Crippen LogP contribution in [0.1, 0.15) is 418 Å². The quantitative estimate of drug-likeness (QED) is 0.0320. The monoisotopic (exact) mass is 1110 g/mol. The highest BCUT2D eigenvalue weighted by molar-refractivity contribution is 5.76. The molecular weight excluding hydrogens is 971 g/mol. The van der Waals surface area contributed by atoms with E-state index in [-0.39, 0.29) is 18.5 Å². The SMILES string of the molecule is CCCCCCCCCCCCCCCCCCCCCCCCC(O)C(CO)NC(=O)CCCCCCCCCC/C=C\CCCCCCCCCCCCCCOC(=O)CCCCCCCCCCCCCCCCCC. The van der Waals surface area contributed by atoms with Crippen molar-refractivity contribution in [1.29, 1.82) is 0 Å². The van der Waals surface area contributed by atoms with Gasteiger partial charge in [0.1, 0.15) is 0 Å². The second-order valence-electron chi connectivity index (χ2n) is 25.3. The van der Waals surface area contributed by atoms with E-state index < -0.39 is 12.1 Å². The number of amides is 1. The lowest BCUT2D eigenvalue weighted by Gasteiger charge is -2.22. The van der Waals surface area contributed by atoms with Gasteiger partial charge in [-0.15, -0.1) is 0 Å². The van der Waals surface area contributed by atoms with Gasteiger partial charge in [-0.2, -0.15) is 0 Å². The lowest BCUT2D eigenvalue weighted by molar-refractivity contribution is -0.143. The molecule has 0 saturated heterocycles. The van der Waals surface area contributed by atoms with Crippen LogP contribution in [0, 0.1) is 0 Å². The summed E-state index contributed by atoms with van der Waals surface area (Å²) >= 11 is 0. The van der Waals surface area contributed by atoms with Gasteiger partial charge < -0.3 is 20.3 Å². The molecule has 0 saturated carbocycles. The Labute approximate surface area is 495 Å². The minimum Gasteiger partial charge on any atom is -0.466 e. The lowest BCUT2D eigenvalue weighted by Crippen LogP contribution is -2.45. The Morgan fingerprint density at radius 3 is 0.899 bits per heavy atom. The Hall–Kier alpha value is -1.40. The van der Waals surface area contributed by atoms with Crippen molar-refractivity contribution in [2.45, 2.75) is 431 Å². The molecule has 0 aromatic carbocycles. The summed E-state index contributed by atoms with van der Waals surface area (Å²) in [5.41, 5.74) is 0. The fraction of sp³-hybridized carbons (Fsp3) is 0.945. The molecule has 6 heteroatoms. The molecule has 0 heterocycles. The van der Waals surface area contributed by atoms with Gasteiger partial charge in [-0.05, 0) is 51.4 Å². The van der Waals surface area contributed by atoms with E-state index in [2.05, 4.69) is 31.3 Å². The van der Waals surface area contributed by atoms with E-state index in [0.717, 1.165) is 38.5 Å². The van der Waals surface area contributed by atoms with Crippen LogP contribution in [-0.4, -0.2) is 47.4 Å². The van der Waals surface area contributed by atoms with Crippen molar-refractivity contribution in [2.75, 3.05) is 13.2 Å². The van der Waals surface area contributed by atoms with E-state index in [1.165, 1.54) is 347 Å². The van der Waals surface area contributed by atoms with Gasteiger partial charge in [0.2, 0.25) is 5.91 Å². The first-order chi connectivity index (χ1) is 39.0. The molecule has 6 nitrogen and oxygen atoms in total. The molecular formula is C73H143NO5. The molecule has 2 atom stereocenters. The summed E-state index contributed by atoms with van der Waals surface area (Å²) in [4.78, 5) is 24.6. The van der Waals surface area contributed by atoms with Crippen LogP contribution in [0.2, 0.25) is 0 Å². The summed E-state index contributed by atoms with van der Waals surface area (Å²) in [6.07, 6.45) is 85.5. The molecule has 0 rings (SSSR count). The van der Waals surface area contributed by atoms with Crippen molar-refractivity contribution in [2.24, 2.45) is 0 Å². The van der Waals surface area contributed by atoms with Gasteiger partial charge in [0, 0.05) is 12.8 Å². The van der Waals surface area contributed by atoms with E-state index in [1.54, 1.807) is 0 Å². The van der Waals surface area contributed by atoms with Crippen LogP contribution in [0.3, 0.4) is 0 Å². The first-order valence-electron chi connectivity index (χ1n) is 36.4.